The standard InChI is InChI=1S/C13H16O2/c14-10-6-5-9-8-15-13-4-2-1-3-11(13)12(9)7-10/h1-2,5-6,9,11-13H,3-4,7-8H2/t9?,11-,12?,13+/m1/s1. The normalized spacial score (nSPS) is 43.6. The number of carbonyl (C=O) groups excluding carboxylic acids is 1. The SMILES string of the molecule is O=C1C=CC2CO[C@H]3CC=CC[C@@H]3C2C1. The van der Waals surface area contributed by atoms with Crippen molar-refractivity contribution in [3.8, 4) is 0 Å². The van der Waals surface area contributed by atoms with Crippen molar-refractivity contribution in [2.45, 2.75) is 25.4 Å². The predicted octanol–water partition coefficient (Wildman–Crippen LogP) is 2.11. The van der Waals surface area contributed by atoms with Gasteiger partial charge in [0.25, 0.3) is 0 Å². The van der Waals surface area contributed by atoms with Crippen molar-refractivity contribution in [3.63, 3.8) is 0 Å². The number of carbonyl (C=O) groups is 1. The van der Waals surface area contributed by atoms with Gasteiger partial charge in [0.05, 0.1) is 12.7 Å². The van der Waals surface area contributed by atoms with Gasteiger partial charge in [-0.15, -0.1) is 0 Å². The molecule has 0 aromatic rings. The summed E-state index contributed by atoms with van der Waals surface area (Å²) in [5.74, 6) is 1.88. The van der Waals surface area contributed by atoms with Crippen LogP contribution in [0.3, 0.4) is 0 Å². The summed E-state index contributed by atoms with van der Waals surface area (Å²) in [5, 5.41) is 0. The Kier molecular flexibility index (Phi) is 2.24. The van der Waals surface area contributed by atoms with Crippen molar-refractivity contribution in [1.82, 2.24) is 0 Å². The second-order valence-electron chi connectivity index (χ2n) is 4.84. The Bertz CT molecular complexity index is 329. The number of hydrogen-bond donors (Lipinski definition) is 0. The molecule has 2 unspecified atom stereocenters. The Hall–Kier alpha value is -0.890. The average molecular weight is 204 g/mol. The van der Waals surface area contributed by atoms with Crippen LogP contribution in [0.4, 0.5) is 0 Å². The minimum atomic E-state index is 0.298. The van der Waals surface area contributed by atoms with E-state index in [2.05, 4.69) is 18.2 Å². The van der Waals surface area contributed by atoms with Gasteiger partial charge in [-0.2, -0.15) is 0 Å². The van der Waals surface area contributed by atoms with Crippen LogP contribution in [0.15, 0.2) is 24.3 Å². The summed E-state index contributed by atoms with van der Waals surface area (Å²) in [6.07, 6.45) is 11.5. The van der Waals surface area contributed by atoms with Crippen LogP contribution in [0.1, 0.15) is 19.3 Å². The lowest BCUT2D eigenvalue weighted by atomic mass is 9.68. The molecule has 15 heavy (non-hydrogen) atoms. The first-order valence-corrected chi connectivity index (χ1v) is 5.82. The zero-order chi connectivity index (χ0) is 10.3. The van der Waals surface area contributed by atoms with Crippen LogP contribution in [0.5, 0.6) is 0 Å². The Morgan fingerprint density at radius 2 is 2.07 bits per heavy atom. The molecule has 0 bridgehead atoms. The molecular formula is C13H16O2. The van der Waals surface area contributed by atoms with Crippen molar-refractivity contribution in [2.24, 2.45) is 17.8 Å². The summed E-state index contributed by atoms with van der Waals surface area (Å²) >= 11 is 0. The fourth-order valence-corrected chi connectivity index (χ4v) is 3.16. The molecule has 80 valence electrons. The van der Waals surface area contributed by atoms with Crippen LogP contribution in [0, 0.1) is 17.8 Å². The third-order valence-corrected chi connectivity index (χ3v) is 3.99. The van der Waals surface area contributed by atoms with Gasteiger partial charge < -0.3 is 4.74 Å². The van der Waals surface area contributed by atoms with Gasteiger partial charge in [-0.25, -0.2) is 0 Å². The smallest absolute Gasteiger partial charge is 0.155 e. The lowest BCUT2D eigenvalue weighted by molar-refractivity contribution is -0.123. The second-order valence-corrected chi connectivity index (χ2v) is 4.84. The molecule has 1 aliphatic heterocycles. The maximum absolute atomic E-state index is 11.4. The fraction of sp³-hybridized carbons (Fsp3) is 0.615. The molecule has 0 N–H and O–H groups in total. The van der Waals surface area contributed by atoms with Gasteiger partial charge in [0.1, 0.15) is 0 Å². The Balaban J connectivity index is 1.86. The first kappa shape index (κ1) is 9.34. The molecule has 1 heterocycles. The molecule has 2 aliphatic carbocycles. The molecule has 1 fully saturated rings. The first-order chi connectivity index (χ1) is 7.34. The summed E-state index contributed by atoms with van der Waals surface area (Å²) in [5.41, 5.74) is 0. The van der Waals surface area contributed by atoms with Gasteiger partial charge in [-0.3, -0.25) is 4.79 Å². The van der Waals surface area contributed by atoms with Crippen molar-refractivity contribution in [2.75, 3.05) is 6.61 Å². The zero-order valence-electron chi connectivity index (χ0n) is 8.76. The van der Waals surface area contributed by atoms with E-state index < -0.39 is 0 Å². The van der Waals surface area contributed by atoms with E-state index in [4.69, 9.17) is 4.74 Å². The van der Waals surface area contributed by atoms with Crippen molar-refractivity contribution in [3.05, 3.63) is 24.3 Å². The lowest BCUT2D eigenvalue weighted by Gasteiger charge is -2.44. The summed E-state index contributed by atoms with van der Waals surface area (Å²) in [6, 6.07) is 0. The van der Waals surface area contributed by atoms with E-state index in [0.717, 1.165) is 25.9 Å². The van der Waals surface area contributed by atoms with Gasteiger partial charge in [0, 0.05) is 12.3 Å². The topological polar surface area (TPSA) is 26.3 Å². The second kappa shape index (κ2) is 3.60. The van der Waals surface area contributed by atoms with Gasteiger partial charge in [-0.1, -0.05) is 18.2 Å². The van der Waals surface area contributed by atoms with Crippen LogP contribution < -0.4 is 0 Å². The van der Waals surface area contributed by atoms with Gasteiger partial charge in [0.15, 0.2) is 5.78 Å². The van der Waals surface area contributed by atoms with Crippen LogP contribution in [-0.4, -0.2) is 18.5 Å². The third-order valence-electron chi connectivity index (χ3n) is 3.99. The number of ether oxygens (including phenoxy) is 1. The molecule has 0 spiro atoms. The molecule has 0 saturated carbocycles. The number of ketones is 1. The molecule has 4 atom stereocenters. The van der Waals surface area contributed by atoms with Crippen molar-refractivity contribution < 1.29 is 9.53 Å². The number of allylic oxidation sites excluding steroid dienone is 2. The molecule has 0 aromatic heterocycles. The fourth-order valence-electron chi connectivity index (χ4n) is 3.16. The predicted molar refractivity (Wildman–Crippen MR) is 57.3 cm³/mol. The lowest BCUT2D eigenvalue weighted by Crippen LogP contribution is -2.44. The van der Waals surface area contributed by atoms with Gasteiger partial charge in [0.2, 0.25) is 0 Å². The Morgan fingerprint density at radius 3 is 3.00 bits per heavy atom. The van der Waals surface area contributed by atoms with E-state index in [9.17, 15) is 4.79 Å². The molecule has 1 saturated heterocycles. The first-order valence-electron chi connectivity index (χ1n) is 5.82. The molecule has 2 nitrogen and oxygen atoms in total. The quantitative estimate of drug-likeness (QED) is 0.565. The molecule has 2 heteroatoms. The molecule has 0 radical (unpaired) electrons. The van der Waals surface area contributed by atoms with Gasteiger partial charge in [-0.05, 0) is 30.8 Å². The van der Waals surface area contributed by atoms with Crippen molar-refractivity contribution in [1.29, 1.82) is 0 Å². The maximum atomic E-state index is 11.4. The summed E-state index contributed by atoms with van der Waals surface area (Å²) in [6.45, 7) is 0.809. The summed E-state index contributed by atoms with van der Waals surface area (Å²) < 4.78 is 5.87. The number of rotatable bonds is 0. The van der Waals surface area contributed by atoms with Crippen LogP contribution in [0.25, 0.3) is 0 Å². The highest BCUT2D eigenvalue weighted by Gasteiger charge is 2.41. The number of hydrogen-bond acceptors (Lipinski definition) is 2. The highest BCUT2D eigenvalue weighted by Crippen LogP contribution is 2.41. The molecule has 3 aliphatic rings. The molecule has 0 aromatic carbocycles. The minimum absolute atomic E-state index is 0.298. The van der Waals surface area contributed by atoms with E-state index in [1.165, 1.54) is 0 Å². The van der Waals surface area contributed by atoms with E-state index >= 15 is 0 Å². The highest BCUT2D eigenvalue weighted by atomic mass is 16.5. The maximum Gasteiger partial charge on any atom is 0.155 e. The van der Waals surface area contributed by atoms with Crippen LogP contribution in [-0.2, 0) is 9.53 Å². The third kappa shape index (κ3) is 1.57. The van der Waals surface area contributed by atoms with E-state index in [-0.39, 0.29) is 0 Å². The van der Waals surface area contributed by atoms with E-state index in [1.54, 1.807) is 6.08 Å². The molecule has 3 rings (SSSR count). The highest BCUT2D eigenvalue weighted by molar-refractivity contribution is 5.90. The largest absolute Gasteiger partial charge is 0.377 e. The van der Waals surface area contributed by atoms with E-state index in [1.807, 2.05) is 0 Å². The molecule has 0 amide bonds. The Morgan fingerprint density at radius 1 is 1.20 bits per heavy atom. The summed E-state index contributed by atoms with van der Waals surface area (Å²) in [7, 11) is 0. The van der Waals surface area contributed by atoms with Crippen LogP contribution >= 0.6 is 0 Å². The summed E-state index contributed by atoms with van der Waals surface area (Å²) in [4.78, 5) is 11.4. The van der Waals surface area contributed by atoms with Gasteiger partial charge >= 0.3 is 0 Å². The minimum Gasteiger partial charge on any atom is -0.377 e. The molecular weight excluding hydrogens is 188 g/mol. The monoisotopic (exact) mass is 204 g/mol. The number of fused-ring (bicyclic) bond motifs is 3. The average Bonchev–Trinajstić information content (AvgIpc) is 2.29. The van der Waals surface area contributed by atoms with Crippen molar-refractivity contribution >= 4 is 5.78 Å². The zero-order valence-corrected chi connectivity index (χ0v) is 8.76. The van der Waals surface area contributed by atoms with Crippen LogP contribution in [0.2, 0.25) is 0 Å². The van der Waals surface area contributed by atoms with E-state index in [0.29, 0.717) is 29.6 Å². The Labute approximate surface area is 90.0 Å².